The van der Waals surface area contributed by atoms with Crippen molar-refractivity contribution in [3.8, 4) is 0 Å². The quantitative estimate of drug-likeness (QED) is 0.208. The van der Waals surface area contributed by atoms with Crippen molar-refractivity contribution in [2.45, 2.75) is 49.3 Å². The first-order valence-electron chi connectivity index (χ1n) is 10.7. The molecule has 0 spiro atoms. The third kappa shape index (κ3) is 4.43. The van der Waals surface area contributed by atoms with Crippen LogP contribution >= 0.6 is 15.6 Å². The Labute approximate surface area is 196 Å². The van der Waals surface area contributed by atoms with Crippen LogP contribution in [0, 0.1) is 11.8 Å². The number of hydrogen-bond donors (Lipinski definition) is 6. The number of hydrogen-bond acceptors (Lipinski definition) is 12. The molecule has 2 aliphatic carbocycles. The Morgan fingerprint density at radius 3 is 1.83 bits per heavy atom. The number of fused-ring (bicyclic) bond motifs is 7. The molecular weight excluding hydrogens is 514 g/mol. The standard InChI is InChI=1S/C17H24N4O12P2/c22-12-7-1-9(14(12)24)20-5-18-11-16(20)19-6-21(17(11)26)10-2-8(13(23)15(10)25)4-32-35(29,30)33-34(27,28)31-3-7/h5-10,12-15,22-25H,1-4H2,(H,27,28)(H,29,30)/t7-,8-,9-,10-,12-,13-,14+,15+/m1/s1. The van der Waals surface area contributed by atoms with E-state index in [-0.39, 0.29) is 24.0 Å². The summed E-state index contributed by atoms with van der Waals surface area (Å²) in [6.45, 7) is -1.28. The van der Waals surface area contributed by atoms with Crippen LogP contribution in [0.2, 0.25) is 0 Å². The highest BCUT2D eigenvalue weighted by molar-refractivity contribution is 7.61. The maximum absolute atomic E-state index is 13.1. The average Bonchev–Trinajstić information content (AvgIpc) is 3.41. The minimum Gasteiger partial charge on any atom is -0.390 e. The zero-order valence-electron chi connectivity index (χ0n) is 17.9. The zero-order chi connectivity index (χ0) is 25.3. The van der Waals surface area contributed by atoms with Crippen molar-refractivity contribution >= 4 is 26.8 Å². The molecule has 0 aromatic carbocycles. The zero-order valence-corrected chi connectivity index (χ0v) is 19.7. The summed E-state index contributed by atoms with van der Waals surface area (Å²) in [6, 6.07) is -1.82. The maximum Gasteiger partial charge on any atom is 0.481 e. The first kappa shape index (κ1) is 25.1. The van der Waals surface area contributed by atoms with E-state index in [0.29, 0.717) is 0 Å². The van der Waals surface area contributed by atoms with E-state index in [1.54, 1.807) is 0 Å². The lowest BCUT2D eigenvalue weighted by atomic mass is 10.1. The summed E-state index contributed by atoms with van der Waals surface area (Å²) in [4.78, 5) is 41.3. The number of imidazole rings is 1. The lowest BCUT2D eigenvalue weighted by Crippen LogP contribution is -2.34. The normalized spacial score (nSPS) is 44.6. The molecule has 4 aliphatic rings. The van der Waals surface area contributed by atoms with Gasteiger partial charge in [0.05, 0.1) is 43.8 Å². The molecule has 0 amide bonds. The Kier molecular flexibility index (Phi) is 6.30. The fourth-order valence-electron chi connectivity index (χ4n) is 5.04. The van der Waals surface area contributed by atoms with Crippen molar-refractivity contribution in [1.29, 1.82) is 0 Å². The van der Waals surface area contributed by atoms with Crippen LogP contribution in [0.5, 0.6) is 0 Å². The number of aliphatic hydroxyl groups is 4. The maximum atomic E-state index is 13.1. The molecule has 2 unspecified atom stereocenters. The highest BCUT2D eigenvalue weighted by Crippen LogP contribution is 2.61. The molecule has 10 atom stereocenters. The van der Waals surface area contributed by atoms with Crippen molar-refractivity contribution in [2.75, 3.05) is 13.2 Å². The lowest BCUT2D eigenvalue weighted by molar-refractivity contribution is -0.00651. The Morgan fingerprint density at radius 1 is 0.800 bits per heavy atom. The van der Waals surface area contributed by atoms with E-state index in [4.69, 9.17) is 9.05 Å². The van der Waals surface area contributed by atoms with E-state index in [0.717, 1.165) is 10.9 Å². The van der Waals surface area contributed by atoms with Gasteiger partial charge in [0.1, 0.15) is 18.5 Å². The van der Waals surface area contributed by atoms with Gasteiger partial charge < -0.3 is 34.8 Å². The van der Waals surface area contributed by atoms with E-state index in [1.165, 1.54) is 10.9 Å². The predicted molar refractivity (Wildman–Crippen MR) is 113 cm³/mol. The molecule has 6 N–H and O–H groups in total. The predicted octanol–water partition coefficient (Wildman–Crippen LogP) is -1.58. The molecule has 2 fully saturated rings. The number of nitrogens with zero attached hydrogens (tertiary/aromatic N) is 4. The minimum absolute atomic E-state index is 0.0149. The summed E-state index contributed by atoms with van der Waals surface area (Å²) in [5, 5.41) is 42.0. The van der Waals surface area contributed by atoms with E-state index >= 15 is 0 Å². The number of rotatable bonds is 0. The number of phosphoric ester groups is 2. The Morgan fingerprint density at radius 2 is 1.29 bits per heavy atom. The molecule has 0 radical (unpaired) electrons. The number of aliphatic hydroxyl groups excluding tert-OH is 4. The second-order valence-corrected chi connectivity index (χ2v) is 12.0. The second-order valence-electron chi connectivity index (χ2n) is 8.98. The molecule has 2 aromatic heterocycles. The molecule has 0 saturated heterocycles. The SMILES string of the molecule is O=c1c2ncn3c2ncn1[C@@H]1C[C@H](COP(=O)(O)OP(=O)(O)OC[C@H]2C[C@@H]3[C@H](O)[C@@H]2O)[C@@H](O)[C@H]1O. The summed E-state index contributed by atoms with van der Waals surface area (Å²) in [5.74, 6) is -1.84. The fraction of sp³-hybridized carbons (Fsp3) is 0.706. The van der Waals surface area contributed by atoms with Gasteiger partial charge in [-0.05, 0) is 12.8 Å². The van der Waals surface area contributed by atoms with Crippen molar-refractivity contribution < 1.29 is 52.7 Å². The lowest BCUT2D eigenvalue weighted by Gasteiger charge is -2.21. The van der Waals surface area contributed by atoms with Crippen LogP contribution in [0.4, 0.5) is 0 Å². The monoisotopic (exact) mass is 538 g/mol. The summed E-state index contributed by atoms with van der Waals surface area (Å²) >= 11 is 0. The van der Waals surface area contributed by atoms with Gasteiger partial charge in [0, 0.05) is 11.8 Å². The fourth-order valence-corrected chi connectivity index (χ4v) is 7.22. The molecule has 4 heterocycles. The second kappa shape index (κ2) is 8.78. The summed E-state index contributed by atoms with van der Waals surface area (Å²) in [6.07, 6.45) is -3.36. The van der Waals surface area contributed by atoms with Crippen LogP contribution < -0.4 is 5.56 Å². The average molecular weight is 538 g/mol. The van der Waals surface area contributed by atoms with Gasteiger partial charge in [-0.25, -0.2) is 19.1 Å². The third-order valence-electron chi connectivity index (χ3n) is 6.88. The number of phosphoric acid groups is 2. The molecular formula is C17H24N4O12P2. The summed E-state index contributed by atoms with van der Waals surface area (Å²) in [7, 11) is -10.3. The van der Waals surface area contributed by atoms with Gasteiger partial charge in [0.15, 0.2) is 11.2 Å². The van der Waals surface area contributed by atoms with E-state index in [2.05, 4.69) is 14.3 Å². The molecule has 18 heteroatoms. The highest BCUT2D eigenvalue weighted by Gasteiger charge is 2.47. The van der Waals surface area contributed by atoms with Gasteiger partial charge in [-0.15, -0.1) is 0 Å². The Hall–Kier alpha value is -1.55. The first-order valence-corrected chi connectivity index (χ1v) is 13.7. The van der Waals surface area contributed by atoms with Crippen molar-refractivity contribution in [3.63, 3.8) is 0 Å². The highest BCUT2D eigenvalue weighted by atomic mass is 31.3. The molecule has 6 rings (SSSR count). The van der Waals surface area contributed by atoms with Crippen LogP contribution in [-0.4, -0.2) is 86.9 Å². The largest absolute Gasteiger partial charge is 0.481 e. The van der Waals surface area contributed by atoms with Gasteiger partial charge in [-0.3, -0.25) is 18.4 Å². The molecule has 194 valence electrons. The summed E-state index contributed by atoms with van der Waals surface area (Å²) in [5.41, 5.74) is -0.599. The smallest absolute Gasteiger partial charge is 0.390 e. The first-order chi connectivity index (χ1) is 16.4. The number of aromatic nitrogens is 4. The molecule has 35 heavy (non-hydrogen) atoms. The summed E-state index contributed by atoms with van der Waals surface area (Å²) < 4.78 is 40.8. The van der Waals surface area contributed by atoms with E-state index < -0.39 is 82.8 Å². The van der Waals surface area contributed by atoms with Crippen LogP contribution in [0.25, 0.3) is 11.2 Å². The van der Waals surface area contributed by atoms with Crippen LogP contribution in [0.15, 0.2) is 17.4 Å². The van der Waals surface area contributed by atoms with Crippen molar-refractivity contribution in [1.82, 2.24) is 19.1 Å². The Balaban J connectivity index is 1.58. The topological polar surface area (TPSA) is 236 Å². The minimum atomic E-state index is -5.16. The van der Waals surface area contributed by atoms with E-state index in [1.807, 2.05) is 0 Å². The van der Waals surface area contributed by atoms with Gasteiger partial charge in [-0.1, -0.05) is 0 Å². The van der Waals surface area contributed by atoms with Crippen LogP contribution in [0.1, 0.15) is 24.9 Å². The molecule has 16 nitrogen and oxygen atoms in total. The molecule has 2 aliphatic heterocycles. The van der Waals surface area contributed by atoms with Gasteiger partial charge >= 0.3 is 15.6 Å². The van der Waals surface area contributed by atoms with Crippen LogP contribution in [0.3, 0.4) is 0 Å². The molecule has 8 bridgehead atoms. The third-order valence-corrected chi connectivity index (χ3v) is 9.48. The van der Waals surface area contributed by atoms with Gasteiger partial charge in [0.25, 0.3) is 5.56 Å². The van der Waals surface area contributed by atoms with Gasteiger partial charge in [0.2, 0.25) is 0 Å². The van der Waals surface area contributed by atoms with Crippen molar-refractivity contribution in [2.24, 2.45) is 11.8 Å². The van der Waals surface area contributed by atoms with Crippen molar-refractivity contribution in [3.05, 3.63) is 23.0 Å². The van der Waals surface area contributed by atoms with Gasteiger partial charge in [-0.2, -0.15) is 4.31 Å². The van der Waals surface area contributed by atoms with E-state index in [9.17, 15) is 44.1 Å². The Bertz CT molecular complexity index is 1280. The molecule has 2 saturated carbocycles. The molecule has 2 aromatic rings. The van der Waals surface area contributed by atoms with Crippen LogP contribution in [-0.2, 0) is 22.5 Å².